The molecule has 3 nitrogen and oxygen atoms in total. The Morgan fingerprint density at radius 1 is 1.26 bits per heavy atom. The highest BCUT2D eigenvalue weighted by atomic mass is 19.4. The second kappa shape index (κ2) is 7.13. The van der Waals surface area contributed by atoms with E-state index in [1.165, 1.54) is 0 Å². The number of ether oxygens (including phenoxy) is 1. The summed E-state index contributed by atoms with van der Waals surface area (Å²) < 4.78 is 39.9. The minimum Gasteiger partial charge on any atom is -0.481 e. The number of carbonyl (C=O) groups is 1. The summed E-state index contributed by atoms with van der Waals surface area (Å²) in [5.41, 5.74) is 0.644. The van der Waals surface area contributed by atoms with Gasteiger partial charge in [0.05, 0.1) is 5.92 Å². The maximum absolute atomic E-state index is 11.8. The van der Waals surface area contributed by atoms with Crippen LogP contribution in [0.4, 0.5) is 13.2 Å². The minimum atomic E-state index is -4.34. The molecule has 0 aliphatic heterocycles. The van der Waals surface area contributed by atoms with E-state index in [1.807, 2.05) is 0 Å². The molecule has 0 aliphatic carbocycles. The lowest BCUT2D eigenvalue weighted by atomic mass is 9.95. The summed E-state index contributed by atoms with van der Waals surface area (Å²) in [5, 5.41) is 9.09. The zero-order valence-corrected chi connectivity index (χ0v) is 10.2. The fourth-order valence-corrected chi connectivity index (χ4v) is 1.70. The Hall–Kier alpha value is -1.56. The van der Waals surface area contributed by atoms with Gasteiger partial charge in [-0.15, -0.1) is 0 Å². The van der Waals surface area contributed by atoms with Crippen LogP contribution in [0.2, 0.25) is 0 Å². The van der Waals surface area contributed by atoms with Crippen LogP contribution >= 0.6 is 0 Å². The van der Waals surface area contributed by atoms with Gasteiger partial charge in [0.1, 0.15) is 6.61 Å². The third-order valence-electron chi connectivity index (χ3n) is 2.55. The van der Waals surface area contributed by atoms with E-state index in [1.54, 1.807) is 30.3 Å². The Labute approximate surface area is 109 Å². The van der Waals surface area contributed by atoms with E-state index in [0.29, 0.717) is 5.56 Å². The van der Waals surface area contributed by atoms with Gasteiger partial charge in [0.25, 0.3) is 0 Å². The third-order valence-corrected chi connectivity index (χ3v) is 2.55. The number of carboxylic acids is 1. The average Bonchev–Trinajstić information content (AvgIpc) is 2.33. The molecule has 106 valence electrons. The summed E-state index contributed by atoms with van der Waals surface area (Å²) in [5.74, 6) is -1.70. The number of benzene rings is 1. The van der Waals surface area contributed by atoms with Gasteiger partial charge < -0.3 is 9.84 Å². The molecular weight excluding hydrogens is 261 g/mol. The predicted molar refractivity (Wildman–Crippen MR) is 62.9 cm³/mol. The molecule has 0 amide bonds. The van der Waals surface area contributed by atoms with E-state index in [4.69, 9.17) is 5.11 Å². The van der Waals surface area contributed by atoms with Crippen molar-refractivity contribution in [1.29, 1.82) is 0 Å². The highest BCUT2D eigenvalue weighted by Gasteiger charge is 2.27. The largest absolute Gasteiger partial charge is 0.481 e. The van der Waals surface area contributed by atoms with Crippen molar-refractivity contribution < 1.29 is 27.8 Å². The van der Waals surface area contributed by atoms with Gasteiger partial charge in [-0.05, 0) is 18.4 Å². The first-order valence-electron chi connectivity index (χ1n) is 5.82. The first kappa shape index (κ1) is 15.5. The minimum absolute atomic E-state index is 0.101. The molecule has 1 N–H and O–H groups in total. The van der Waals surface area contributed by atoms with Gasteiger partial charge in [0.2, 0.25) is 0 Å². The summed E-state index contributed by atoms with van der Waals surface area (Å²) in [6.45, 7) is -1.40. The zero-order chi connectivity index (χ0) is 14.3. The number of carboxylic acid groups (broad SMARTS) is 1. The van der Waals surface area contributed by atoms with Crippen molar-refractivity contribution in [2.24, 2.45) is 0 Å². The fraction of sp³-hybridized carbons (Fsp3) is 0.462. The predicted octanol–water partition coefficient (Wildman–Crippen LogP) is 3.21. The topological polar surface area (TPSA) is 46.5 Å². The van der Waals surface area contributed by atoms with Crippen LogP contribution in [-0.4, -0.2) is 30.5 Å². The van der Waals surface area contributed by atoms with E-state index < -0.39 is 24.7 Å². The monoisotopic (exact) mass is 276 g/mol. The van der Waals surface area contributed by atoms with Gasteiger partial charge in [0.15, 0.2) is 0 Å². The number of alkyl halides is 3. The molecule has 0 saturated heterocycles. The number of rotatable bonds is 7. The Morgan fingerprint density at radius 3 is 2.42 bits per heavy atom. The number of halogens is 3. The molecule has 0 aromatic heterocycles. The van der Waals surface area contributed by atoms with Crippen LogP contribution in [-0.2, 0) is 9.53 Å². The van der Waals surface area contributed by atoms with Gasteiger partial charge in [0, 0.05) is 6.61 Å². The summed E-state index contributed by atoms with van der Waals surface area (Å²) in [4.78, 5) is 11.1. The van der Waals surface area contributed by atoms with Gasteiger partial charge >= 0.3 is 12.1 Å². The summed E-state index contributed by atoms with van der Waals surface area (Å²) in [6.07, 6.45) is -3.83. The van der Waals surface area contributed by atoms with Gasteiger partial charge in [-0.3, -0.25) is 4.79 Å². The van der Waals surface area contributed by atoms with Crippen molar-refractivity contribution in [3.63, 3.8) is 0 Å². The maximum Gasteiger partial charge on any atom is 0.411 e. The van der Waals surface area contributed by atoms with Crippen molar-refractivity contribution >= 4 is 5.97 Å². The molecular formula is C13H15F3O3. The van der Waals surface area contributed by atoms with Crippen molar-refractivity contribution in [1.82, 2.24) is 0 Å². The smallest absolute Gasteiger partial charge is 0.411 e. The molecule has 1 unspecified atom stereocenters. The fourth-order valence-electron chi connectivity index (χ4n) is 1.70. The maximum atomic E-state index is 11.8. The molecule has 1 aromatic carbocycles. The zero-order valence-electron chi connectivity index (χ0n) is 10.2. The molecule has 0 fully saturated rings. The van der Waals surface area contributed by atoms with Crippen molar-refractivity contribution in [3.8, 4) is 0 Å². The van der Waals surface area contributed by atoms with Crippen LogP contribution in [0.5, 0.6) is 0 Å². The Balaban J connectivity index is 2.38. The van der Waals surface area contributed by atoms with E-state index in [0.717, 1.165) is 0 Å². The van der Waals surface area contributed by atoms with E-state index in [2.05, 4.69) is 4.74 Å². The lowest BCUT2D eigenvalue weighted by Crippen LogP contribution is -2.18. The van der Waals surface area contributed by atoms with E-state index in [9.17, 15) is 18.0 Å². The highest BCUT2D eigenvalue weighted by Crippen LogP contribution is 2.22. The summed E-state index contributed by atoms with van der Waals surface area (Å²) >= 11 is 0. The van der Waals surface area contributed by atoms with E-state index >= 15 is 0 Å². The second-order valence-electron chi connectivity index (χ2n) is 4.11. The lowest BCUT2D eigenvalue weighted by molar-refractivity contribution is -0.174. The van der Waals surface area contributed by atoms with Crippen molar-refractivity contribution in [3.05, 3.63) is 35.9 Å². The number of aliphatic carboxylic acids is 1. The molecule has 19 heavy (non-hydrogen) atoms. The SMILES string of the molecule is O=C(O)C(CCCOCC(F)(F)F)c1ccccc1. The number of hydrogen-bond acceptors (Lipinski definition) is 2. The van der Waals surface area contributed by atoms with Crippen molar-refractivity contribution in [2.45, 2.75) is 24.9 Å². The van der Waals surface area contributed by atoms with Crippen LogP contribution < -0.4 is 0 Å². The molecule has 1 atom stereocenters. The molecule has 0 saturated carbocycles. The van der Waals surface area contributed by atoms with Crippen LogP contribution in [0.3, 0.4) is 0 Å². The molecule has 0 radical (unpaired) electrons. The third kappa shape index (κ3) is 6.24. The second-order valence-corrected chi connectivity index (χ2v) is 4.11. The Bertz CT molecular complexity index is 390. The van der Waals surface area contributed by atoms with Crippen molar-refractivity contribution in [2.75, 3.05) is 13.2 Å². The van der Waals surface area contributed by atoms with Gasteiger partial charge in [-0.1, -0.05) is 30.3 Å². The first-order chi connectivity index (χ1) is 8.90. The van der Waals surface area contributed by atoms with Gasteiger partial charge in [-0.25, -0.2) is 0 Å². The molecule has 6 heteroatoms. The quantitative estimate of drug-likeness (QED) is 0.778. The molecule has 0 spiro atoms. The average molecular weight is 276 g/mol. The Morgan fingerprint density at radius 2 is 1.89 bits per heavy atom. The van der Waals surface area contributed by atoms with Crippen LogP contribution in [0, 0.1) is 0 Å². The summed E-state index contributed by atoms with van der Waals surface area (Å²) in [6, 6.07) is 8.61. The van der Waals surface area contributed by atoms with E-state index in [-0.39, 0.29) is 19.4 Å². The standard InChI is InChI=1S/C13H15F3O3/c14-13(15,16)9-19-8-4-7-11(12(17)18)10-5-2-1-3-6-10/h1-3,5-6,11H,4,7-9H2,(H,17,18). The normalized spacial score (nSPS) is 13.2. The molecule has 0 heterocycles. The number of hydrogen-bond donors (Lipinski definition) is 1. The molecule has 0 bridgehead atoms. The highest BCUT2D eigenvalue weighted by molar-refractivity contribution is 5.75. The lowest BCUT2D eigenvalue weighted by Gasteiger charge is -2.13. The van der Waals surface area contributed by atoms with Gasteiger partial charge in [-0.2, -0.15) is 13.2 Å². The van der Waals surface area contributed by atoms with Crippen LogP contribution in [0.1, 0.15) is 24.3 Å². The summed E-state index contributed by atoms with van der Waals surface area (Å²) in [7, 11) is 0. The molecule has 1 rings (SSSR count). The van der Waals surface area contributed by atoms with Crippen LogP contribution in [0.25, 0.3) is 0 Å². The molecule has 1 aromatic rings. The molecule has 0 aliphatic rings. The first-order valence-corrected chi connectivity index (χ1v) is 5.82. The Kier molecular flexibility index (Phi) is 5.82. The van der Waals surface area contributed by atoms with Crippen LogP contribution in [0.15, 0.2) is 30.3 Å².